The Kier molecular flexibility index (Phi) is 3.05. The average molecular weight is 214 g/mol. The smallest absolute Gasteiger partial charge is 0.317 e. The Morgan fingerprint density at radius 1 is 1.50 bits per heavy atom. The van der Waals surface area contributed by atoms with Crippen molar-refractivity contribution in [3.63, 3.8) is 0 Å². The molecule has 1 saturated carbocycles. The van der Waals surface area contributed by atoms with Gasteiger partial charge in [0, 0.05) is 0 Å². The summed E-state index contributed by atoms with van der Waals surface area (Å²) < 4.78 is 5.44. The predicted molar refractivity (Wildman–Crippen MR) is 58.1 cm³/mol. The van der Waals surface area contributed by atoms with Crippen molar-refractivity contribution in [3.8, 4) is 0 Å². The van der Waals surface area contributed by atoms with Gasteiger partial charge in [-0.25, -0.2) is 0 Å². The molecule has 2 nitrogen and oxygen atoms in total. The van der Waals surface area contributed by atoms with E-state index in [9.17, 15) is 4.79 Å². The van der Waals surface area contributed by atoms with Gasteiger partial charge in [0.15, 0.2) is 4.93 Å². The van der Waals surface area contributed by atoms with E-state index in [2.05, 4.69) is 6.92 Å². The van der Waals surface area contributed by atoms with Crippen molar-refractivity contribution < 1.29 is 9.53 Å². The minimum absolute atomic E-state index is 0.0102. The maximum atomic E-state index is 11.1. The number of esters is 1. The first-order valence-electron chi connectivity index (χ1n) is 5.60. The highest BCUT2D eigenvalue weighted by atomic mass is 32.2. The van der Waals surface area contributed by atoms with Gasteiger partial charge in [0.1, 0.15) is 0 Å². The van der Waals surface area contributed by atoms with Crippen LogP contribution in [0.15, 0.2) is 0 Å². The lowest BCUT2D eigenvalue weighted by molar-refractivity contribution is -0.147. The Morgan fingerprint density at radius 2 is 2.21 bits per heavy atom. The maximum Gasteiger partial charge on any atom is 0.317 e. The number of ether oxygens (including phenoxy) is 1. The normalized spacial score (nSPS) is 37.5. The van der Waals surface area contributed by atoms with Gasteiger partial charge in [-0.3, -0.25) is 4.79 Å². The molecule has 0 N–H and O–H groups in total. The molecule has 0 unspecified atom stereocenters. The lowest BCUT2D eigenvalue weighted by Crippen LogP contribution is -2.31. The second-order valence-corrected chi connectivity index (χ2v) is 5.73. The Labute approximate surface area is 89.8 Å². The van der Waals surface area contributed by atoms with E-state index >= 15 is 0 Å². The SMILES string of the molecule is CCCC1CCC2(CC1)OC(=O)CS2. The fourth-order valence-corrected chi connectivity index (χ4v) is 3.63. The van der Waals surface area contributed by atoms with Gasteiger partial charge in [0.2, 0.25) is 0 Å². The van der Waals surface area contributed by atoms with Gasteiger partial charge in [-0.15, -0.1) is 11.8 Å². The van der Waals surface area contributed by atoms with Crippen LogP contribution in [0.5, 0.6) is 0 Å². The lowest BCUT2D eigenvalue weighted by atomic mass is 9.84. The Hall–Kier alpha value is -0.180. The zero-order valence-electron chi connectivity index (χ0n) is 8.75. The monoisotopic (exact) mass is 214 g/mol. The van der Waals surface area contributed by atoms with Crippen LogP contribution < -0.4 is 0 Å². The summed E-state index contributed by atoms with van der Waals surface area (Å²) in [5.74, 6) is 1.44. The molecule has 1 aliphatic heterocycles. The van der Waals surface area contributed by atoms with Gasteiger partial charge in [-0.1, -0.05) is 19.8 Å². The molecule has 0 bridgehead atoms. The van der Waals surface area contributed by atoms with Crippen LogP contribution in [-0.4, -0.2) is 16.7 Å². The van der Waals surface area contributed by atoms with E-state index in [1.165, 1.54) is 25.7 Å². The van der Waals surface area contributed by atoms with Crippen molar-refractivity contribution in [2.45, 2.75) is 50.4 Å². The minimum Gasteiger partial charge on any atom is -0.447 e. The number of rotatable bonds is 2. The summed E-state index contributed by atoms with van der Waals surface area (Å²) in [7, 11) is 0. The summed E-state index contributed by atoms with van der Waals surface area (Å²) >= 11 is 1.72. The summed E-state index contributed by atoms with van der Waals surface area (Å²) in [4.78, 5) is 11.0. The summed E-state index contributed by atoms with van der Waals surface area (Å²) in [6.45, 7) is 2.24. The molecule has 0 aromatic rings. The second-order valence-electron chi connectivity index (χ2n) is 4.41. The van der Waals surface area contributed by atoms with Crippen molar-refractivity contribution in [3.05, 3.63) is 0 Å². The third-order valence-electron chi connectivity index (χ3n) is 3.32. The quantitative estimate of drug-likeness (QED) is 0.661. The number of thioether (sulfide) groups is 1. The third-order valence-corrected chi connectivity index (χ3v) is 4.71. The van der Waals surface area contributed by atoms with Gasteiger partial charge in [-0.2, -0.15) is 0 Å². The Morgan fingerprint density at radius 3 is 2.71 bits per heavy atom. The van der Waals surface area contributed by atoms with Gasteiger partial charge in [0.05, 0.1) is 5.75 Å². The second kappa shape index (κ2) is 4.13. The predicted octanol–water partition coefficient (Wildman–Crippen LogP) is 2.96. The van der Waals surface area contributed by atoms with Crippen LogP contribution in [0.1, 0.15) is 45.4 Å². The van der Waals surface area contributed by atoms with E-state index in [-0.39, 0.29) is 10.9 Å². The highest BCUT2D eigenvalue weighted by Crippen LogP contribution is 2.47. The van der Waals surface area contributed by atoms with Crippen LogP contribution in [0, 0.1) is 5.92 Å². The highest BCUT2D eigenvalue weighted by molar-refractivity contribution is 8.01. The van der Waals surface area contributed by atoms with E-state index in [0.717, 1.165) is 18.8 Å². The molecular formula is C11H18O2S. The third kappa shape index (κ3) is 2.08. The molecule has 2 rings (SSSR count). The Balaban J connectivity index is 1.86. The van der Waals surface area contributed by atoms with Crippen molar-refractivity contribution >= 4 is 17.7 Å². The van der Waals surface area contributed by atoms with E-state index in [4.69, 9.17) is 4.74 Å². The van der Waals surface area contributed by atoms with E-state index < -0.39 is 0 Å². The van der Waals surface area contributed by atoms with E-state index in [0.29, 0.717) is 5.75 Å². The van der Waals surface area contributed by atoms with Crippen molar-refractivity contribution in [1.29, 1.82) is 0 Å². The summed E-state index contributed by atoms with van der Waals surface area (Å²) in [6.07, 6.45) is 7.27. The van der Waals surface area contributed by atoms with Crippen molar-refractivity contribution in [2.24, 2.45) is 5.92 Å². The molecule has 0 amide bonds. The fraction of sp³-hybridized carbons (Fsp3) is 0.909. The molecule has 1 saturated heterocycles. The van der Waals surface area contributed by atoms with Crippen LogP contribution in [0.25, 0.3) is 0 Å². The number of carbonyl (C=O) groups is 1. The minimum atomic E-state index is -0.110. The molecule has 2 aliphatic rings. The Bertz CT molecular complexity index is 219. The van der Waals surface area contributed by atoms with Crippen molar-refractivity contribution in [1.82, 2.24) is 0 Å². The van der Waals surface area contributed by atoms with Gasteiger partial charge >= 0.3 is 5.97 Å². The molecule has 14 heavy (non-hydrogen) atoms. The van der Waals surface area contributed by atoms with Crippen LogP contribution >= 0.6 is 11.8 Å². The first kappa shape index (κ1) is 10.3. The summed E-state index contributed by atoms with van der Waals surface area (Å²) in [5.41, 5.74) is 0. The van der Waals surface area contributed by atoms with Gasteiger partial charge < -0.3 is 4.74 Å². The highest BCUT2D eigenvalue weighted by Gasteiger charge is 2.43. The fourth-order valence-electron chi connectivity index (χ4n) is 2.52. The number of hydrogen-bond acceptors (Lipinski definition) is 3. The van der Waals surface area contributed by atoms with Crippen molar-refractivity contribution in [2.75, 3.05) is 5.75 Å². The van der Waals surface area contributed by atoms with Crippen LogP contribution in [0.2, 0.25) is 0 Å². The molecule has 2 fully saturated rings. The number of carbonyl (C=O) groups excluding carboxylic acids is 1. The molecule has 1 heterocycles. The largest absolute Gasteiger partial charge is 0.447 e. The molecule has 0 aromatic carbocycles. The van der Waals surface area contributed by atoms with Crippen LogP contribution in [-0.2, 0) is 9.53 Å². The molecule has 0 aromatic heterocycles. The molecule has 1 spiro atoms. The average Bonchev–Trinajstić information content (AvgIpc) is 2.53. The summed E-state index contributed by atoms with van der Waals surface area (Å²) in [5, 5.41) is 0. The van der Waals surface area contributed by atoms with E-state index in [1.54, 1.807) is 11.8 Å². The molecular weight excluding hydrogens is 196 g/mol. The zero-order valence-corrected chi connectivity index (χ0v) is 9.57. The standard InChI is InChI=1S/C11H18O2S/c1-2-3-9-4-6-11(7-5-9)13-10(12)8-14-11/h9H,2-8H2,1H3. The lowest BCUT2D eigenvalue weighted by Gasteiger charge is -2.34. The molecule has 0 radical (unpaired) electrons. The summed E-state index contributed by atoms with van der Waals surface area (Å²) in [6, 6.07) is 0. The zero-order chi connectivity index (χ0) is 10.0. The maximum absolute atomic E-state index is 11.1. The molecule has 3 heteroatoms. The molecule has 0 atom stereocenters. The molecule has 1 aliphatic carbocycles. The van der Waals surface area contributed by atoms with E-state index in [1.807, 2.05) is 0 Å². The topological polar surface area (TPSA) is 26.3 Å². The first-order chi connectivity index (χ1) is 6.74. The molecule has 80 valence electrons. The van der Waals surface area contributed by atoms with Gasteiger partial charge in [0.25, 0.3) is 0 Å². The number of hydrogen-bond donors (Lipinski definition) is 0. The van der Waals surface area contributed by atoms with Crippen LogP contribution in [0.3, 0.4) is 0 Å². The van der Waals surface area contributed by atoms with Crippen LogP contribution in [0.4, 0.5) is 0 Å². The van der Waals surface area contributed by atoms with Gasteiger partial charge in [-0.05, 0) is 31.6 Å². The first-order valence-corrected chi connectivity index (χ1v) is 6.58.